The van der Waals surface area contributed by atoms with E-state index in [9.17, 15) is 0 Å². The Morgan fingerprint density at radius 1 is 0.317 bits per heavy atom. The summed E-state index contributed by atoms with van der Waals surface area (Å²) in [5.74, 6) is 0. The molecular formula is C61H39NO. The van der Waals surface area contributed by atoms with Crippen molar-refractivity contribution < 1.29 is 4.42 Å². The van der Waals surface area contributed by atoms with Gasteiger partial charge in [0.1, 0.15) is 11.2 Å². The molecule has 0 radical (unpaired) electrons. The monoisotopic (exact) mass is 801 g/mol. The molecule has 11 aromatic rings. The number of hydrogen-bond donors (Lipinski definition) is 0. The quantitative estimate of drug-likeness (QED) is 0.167. The molecule has 0 aliphatic heterocycles. The fourth-order valence-corrected chi connectivity index (χ4v) is 10.8. The molecule has 1 spiro atoms. The molecule has 0 saturated heterocycles. The molecule has 0 N–H and O–H groups in total. The maximum Gasteiger partial charge on any atom is 0.143 e. The fourth-order valence-electron chi connectivity index (χ4n) is 10.8. The summed E-state index contributed by atoms with van der Waals surface area (Å²) in [6, 6.07) is 86.3. The highest BCUT2D eigenvalue weighted by atomic mass is 16.3. The Morgan fingerprint density at radius 2 is 0.841 bits per heavy atom. The van der Waals surface area contributed by atoms with E-state index in [0.29, 0.717) is 0 Å². The van der Waals surface area contributed by atoms with Crippen LogP contribution >= 0.6 is 0 Å². The molecular weight excluding hydrogens is 763 g/mol. The predicted molar refractivity (Wildman–Crippen MR) is 261 cm³/mol. The van der Waals surface area contributed by atoms with Crippen LogP contribution < -0.4 is 4.90 Å². The minimum absolute atomic E-state index is 0.558. The second kappa shape index (κ2) is 13.9. The van der Waals surface area contributed by atoms with Gasteiger partial charge in [0.2, 0.25) is 0 Å². The first-order valence-electron chi connectivity index (χ1n) is 21.8. The van der Waals surface area contributed by atoms with Gasteiger partial charge in [-0.15, -0.1) is 0 Å². The molecule has 1 heterocycles. The number of anilines is 3. The second-order valence-corrected chi connectivity index (χ2v) is 16.7. The number of benzene rings is 10. The molecule has 294 valence electrons. The van der Waals surface area contributed by atoms with Crippen molar-refractivity contribution in [3.05, 3.63) is 259 Å². The first kappa shape index (κ1) is 35.5. The Kier molecular flexibility index (Phi) is 7.85. The molecule has 2 aliphatic rings. The summed E-state index contributed by atoms with van der Waals surface area (Å²) in [5, 5.41) is 2.30. The first-order valence-corrected chi connectivity index (χ1v) is 21.8. The van der Waals surface area contributed by atoms with Crippen LogP contribution in [-0.2, 0) is 5.41 Å². The molecule has 2 nitrogen and oxygen atoms in total. The highest BCUT2D eigenvalue weighted by Crippen LogP contribution is 2.65. The molecule has 2 heteroatoms. The van der Waals surface area contributed by atoms with Gasteiger partial charge in [-0.05, 0) is 115 Å². The number of nitrogens with zero attached hydrogens (tertiary/aromatic N) is 1. The van der Waals surface area contributed by atoms with Crippen molar-refractivity contribution in [1.82, 2.24) is 0 Å². The molecule has 2 aliphatic carbocycles. The molecule has 0 saturated carbocycles. The number of furan rings is 1. The third-order valence-corrected chi connectivity index (χ3v) is 13.5. The fraction of sp³-hybridized carbons (Fsp3) is 0.0164. The maximum atomic E-state index is 6.83. The molecule has 0 fully saturated rings. The zero-order valence-electron chi connectivity index (χ0n) is 34.4. The third-order valence-electron chi connectivity index (χ3n) is 13.5. The first-order chi connectivity index (χ1) is 31.3. The van der Waals surface area contributed by atoms with Crippen molar-refractivity contribution in [2.24, 2.45) is 0 Å². The van der Waals surface area contributed by atoms with Crippen molar-refractivity contribution in [1.29, 1.82) is 0 Å². The maximum absolute atomic E-state index is 6.83. The van der Waals surface area contributed by atoms with Gasteiger partial charge in [0, 0.05) is 33.4 Å². The van der Waals surface area contributed by atoms with E-state index in [2.05, 4.69) is 241 Å². The predicted octanol–water partition coefficient (Wildman–Crippen LogP) is 16.4. The Balaban J connectivity index is 1.02. The minimum Gasteiger partial charge on any atom is -0.455 e. The number of para-hydroxylation sites is 1. The van der Waals surface area contributed by atoms with Crippen molar-refractivity contribution in [3.8, 4) is 55.6 Å². The lowest BCUT2D eigenvalue weighted by Gasteiger charge is -2.32. The molecule has 1 unspecified atom stereocenters. The van der Waals surface area contributed by atoms with Gasteiger partial charge in [-0.1, -0.05) is 194 Å². The highest BCUT2D eigenvalue weighted by Gasteiger charge is 2.53. The van der Waals surface area contributed by atoms with Crippen molar-refractivity contribution in [2.75, 3.05) is 4.90 Å². The van der Waals surface area contributed by atoms with E-state index in [1.807, 2.05) is 0 Å². The molecule has 1 aromatic heterocycles. The van der Waals surface area contributed by atoms with Crippen molar-refractivity contribution >= 4 is 39.0 Å². The SMILES string of the molecule is c1ccc(-c2ccc(N(c3ccc(-c4ccccc4)cc3)c3cccc(-c4cccc5c4C4(c6ccccc6-5)c5ccccc5-c5c4ccc4c5oc5ccccc54)c3)cc2)cc1. The zero-order valence-corrected chi connectivity index (χ0v) is 34.4. The molecule has 13 rings (SSSR count). The summed E-state index contributed by atoms with van der Waals surface area (Å²) in [7, 11) is 0. The van der Waals surface area contributed by atoms with Crippen LogP contribution in [0.1, 0.15) is 22.3 Å². The molecule has 10 aromatic carbocycles. The van der Waals surface area contributed by atoms with Gasteiger partial charge in [0.25, 0.3) is 0 Å². The van der Waals surface area contributed by atoms with Crippen LogP contribution in [-0.4, -0.2) is 0 Å². The lowest BCUT2D eigenvalue weighted by atomic mass is 9.68. The third kappa shape index (κ3) is 5.25. The van der Waals surface area contributed by atoms with Crippen LogP contribution in [0.2, 0.25) is 0 Å². The van der Waals surface area contributed by atoms with E-state index < -0.39 is 5.41 Å². The lowest BCUT2D eigenvalue weighted by Crippen LogP contribution is -2.26. The number of fused-ring (bicyclic) bond motifs is 14. The van der Waals surface area contributed by atoms with Crippen LogP contribution in [0.3, 0.4) is 0 Å². The van der Waals surface area contributed by atoms with Gasteiger partial charge in [0.05, 0.1) is 5.41 Å². The Hall–Kier alpha value is -8.20. The Bertz CT molecular complexity index is 3470. The average Bonchev–Trinajstić information content (AvgIpc) is 3.99. The van der Waals surface area contributed by atoms with E-state index in [0.717, 1.165) is 39.0 Å². The summed E-state index contributed by atoms with van der Waals surface area (Å²) in [5.41, 5.74) is 21.9. The number of hydrogen-bond acceptors (Lipinski definition) is 2. The van der Waals surface area contributed by atoms with Gasteiger partial charge in [-0.2, -0.15) is 0 Å². The summed E-state index contributed by atoms with van der Waals surface area (Å²) in [6.07, 6.45) is 0. The van der Waals surface area contributed by atoms with E-state index >= 15 is 0 Å². The van der Waals surface area contributed by atoms with Crippen LogP contribution in [0.4, 0.5) is 17.1 Å². The normalized spacial score (nSPS) is 14.4. The average molecular weight is 802 g/mol. The van der Waals surface area contributed by atoms with Crippen LogP contribution in [0.15, 0.2) is 241 Å². The van der Waals surface area contributed by atoms with Crippen LogP contribution in [0.25, 0.3) is 77.6 Å². The van der Waals surface area contributed by atoms with Gasteiger partial charge < -0.3 is 9.32 Å². The molecule has 63 heavy (non-hydrogen) atoms. The van der Waals surface area contributed by atoms with E-state index in [1.165, 1.54) is 77.9 Å². The molecule has 1 atom stereocenters. The zero-order chi connectivity index (χ0) is 41.5. The standard InChI is InChI=1S/C61H39NO/c1-3-15-40(16-4-1)42-29-33-45(34-30-42)62(46-35-31-43(32-36-46)41-17-5-2-6-18-41)47-20-13-19-44(39-47)48-24-14-25-51-49-21-7-10-26-54(49)61(59(48)51)55-27-11-8-23-53(55)58-56(61)38-37-52-50-22-9-12-28-57(50)63-60(52)58/h1-39H. The number of rotatable bonds is 6. The second-order valence-electron chi connectivity index (χ2n) is 16.7. The molecule has 0 amide bonds. The van der Waals surface area contributed by atoms with Gasteiger partial charge >= 0.3 is 0 Å². The largest absolute Gasteiger partial charge is 0.455 e. The summed E-state index contributed by atoms with van der Waals surface area (Å²) in [6.45, 7) is 0. The summed E-state index contributed by atoms with van der Waals surface area (Å²) < 4.78 is 6.83. The Morgan fingerprint density at radius 3 is 1.54 bits per heavy atom. The van der Waals surface area contributed by atoms with E-state index in [-0.39, 0.29) is 0 Å². The van der Waals surface area contributed by atoms with Gasteiger partial charge in [0.15, 0.2) is 0 Å². The van der Waals surface area contributed by atoms with E-state index in [4.69, 9.17) is 4.42 Å². The van der Waals surface area contributed by atoms with Crippen molar-refractivity contribution in [3.63, 3.8) is 0 Å². The van der Waals surface area contributed by atoms with Crippen LogP contribution in [0.5, 0.6) is 0 Å². The van der Waals surface area contributed by atoms with Crippen molar-refractivity contribution in [2.45, 2.75) is 5.41 Å². The van der Waals surface area contributed by atoms with Gasteiger partial charge in [-0.25, -0.2) is 0 Å². The lowest BCUT2D eigenvalue weighted by molar-refractivity contribution is 0.669. The Labute approximate surface area is 366 Å². The summed E-state index contributed by atoms with van der Waals surface area (Å²) >= 11 is 0. The molecule has 0 bridgehead atoms. The summed E-state index contributed by atoms with van der Waals surface area (Å²) in [4.78, 5) is 2.39. The van der Waals surface area contributed by atoms with E-state index in [1.54, 1.807) is 0 Å². The topological polar surface area (TPSA) is 16.4 Å². The highest BCUT2D eigenvalue weighted by molar-refractivity contribution is 6.13. The van der Waals surface area contributed by atoms with Crippen LogP contribution in [0, 0.1) is 0 Å². The smallest absolute Gasteiger partial charge is 0.143 e. The van der Waals surface area contributed by atoms with Gasteiger partial charge in [-0.3, -0.25) is 0 Å². The minimum atomic E-state index is -0.558.